The highest BCUT2D eigenvalue weighted by Crippen LogP contribution is 2.23. The molecular formula is C19H26N6O2. The van der Waals surface area contributed by atoms with Crippen molar-refractivity contribution in [2.75, 3.05) is 26.2 Å². The van der Waals surface area contributed by atoms with Gasteiger partial charge in [-0.3, -0.25) is 14.7 Å². The number of ether oxygens (including phenoxy) is 1. The summed E-state index contributed by atoms with van der Waals surface area (Å²) >= 11 is 0. The maximum absolute atomic E-state index is 12.4. The number of piperidine rings is 2. The average molecular weight is 370 g/mol. The fraction of sp³-hybridized carbons (Fsp3) is 0.579. The van der Waals surface area contributed by atoms with Gasteiger partial charge in [0.05, 0.1) is 0 Å². The van der Waals surface area contributed by atoms with E-state index in [1.54, 1.807) is 23.4 Å². The quantitative estimate of drug-likeness (QED) is 0.787. The summed E-state index contributed by atoms with van der Waals surface area (Å²) in [7, 11) is 0. The molecule has 8 nitrogen and oxygen atoms in total. The molecule has 0 atom stereocenters. The van der Waals surface area contributed by atoms with Crippen LogP contribution in [0, 0.1) is 0 Å². The van der Waals surface area contributed by atoms with Gasteiger partial charge in [-0.25, -0.2) is 9.67 Å². The predicted octanol–water partition coefficient (Wildman–Crippen LogP) is 1.21. The van der Waals surface area contributed by atoms with Gasteiger partial charge in [-0.15, -0.1) is 0 Å². The van der Waals surface area contributed by atoms with Gasteiger partial charge in [0.2, 0.25) is 5.91 Å². The Morgan fingerprint density at radius 1 is 1.04 bits per heavy atom. The van der Waals surface area contributed by atoms with E-state index >= 15 is 0 Å². The minimum absolute atomic E-state index is 0.128. The first-order chi connectivity index (χ1) is 13.3. The highest BCUT2D eigenvalue weighted by molar-refractivity contribution is 5.75. The molecule has 0 N–H and O–H groups in total. The van der Waals surface area contributed by atoms with Gasteiger partial charge in [0.15, 0.2) is 0 Å². The summed E-state index contributed by atoms with van der Waals surface area (Å²) in [6, 6.07) is 4.40. The van der Waals surface area contributed by atoms with E-state index in [4.69, 9.17) is 4.74 Å². The molecular weight excluding hydrogens is 344 g/mol. The second-order valence-corrected chi connectivity index (χ2v) is 7.24. The van der Waals surface area contributed by atoms with E-state index in [-0.39, 0.29) is 18.6 Å². The molecule has 2 saturated heterocycles. The third kappa shape index (κ3) is 4.63. The lowest BCUT2D eigenvalue weighted by Crippen LogP contribution is -2.50. The minimum Gasteiger partial charge on any atom is -0.490 e. The van der Waals surface area contributed by atoms with Gasteiger partial charge in [-0.05, 0) is 37.8 Å². The summed E-state index contributed by atoms with van der Waals surface area (Å²) < 4.78 is 7.64. The van der Waals surface area contributed by atoms with Gasteiger partial charge in [-0.2, -0.15) is 5.10 Å². The number of aromatic nitrogens is 4. The Labute approximate surface area is 159 Å². The van der Waals surface area contributed by atoms with E-state index in [0.29, 0.717) is 6.04 Å². The molecule has 4 rings (SSSR count). The summed E-state index contributed by atoms with van der Waals surface area (Å²) in [4.78, 5) is 24.8. The van der Waals surface area contributed by atoms with Crippen LogP contribution in [0.3, 0.4) is 0 Å². The number of amides is 1. The van der Waals surface area contributed by atoms with Crippen molar-refractivity contribution in [3.63, 3.8) is 0 Å². The normalized spacial score (nSPS) is 19.9. The number of hydrogen-bond acceptors (Lipinski definition) is 6. The van der Waals surface area contributed by atoms with Gasteiger partial charge in [0.25, 0.3) is 0 Å². The molecule has 2 fully saturated rings. The number of carbonyl (C=O) groups is 1. The van der Waals surface area contributed by atoms with E-state index in [1.807, 2.05) is 17.0 Å². The second kappa shape index (κ2) is 8.47. The molecule has 2 aromatic rings. The summed E-state index contributed by atoms with van der Waals surface area (Å²) in [6.45, 7) is 4.06. The van der Waals surface area contributed by atoms with Crippen LogP contribution in [0.2, 0.25) is 0 Å². The largest absolute Gasteiger partial charge is 0.490 e. The zero-order valence-corrected chi connectivity index (χ0v) is 15.5. The Bertz CT molecular complexity index is 707. The fourth-order valence-corrected chi connectivity index (χ4v) is 4.00. The van der Waals surface area contributed by atoms with Crippen molar-refractivity contribution in [2.45, 2.75) is 44.4 Å². The second-order valence-electron chi connectivity index (χ2n) is 7.24. The number of carbonyl (C=O) groups excluding carboxylic acids is 1. The molecule has 2 aromatic heterocycles. The number of rotatable bonds is 5. The topological polar surface area (TPSA) is 76.4 Å². The van der Waals surface area contributed by atoms with Crippen molar-refractivity contribution < 1.29 is 9.53 Å². The zero-order valence-electron chi connectivity index (χ0n) is 15.5. The van der Waals surface area contributed by atoms with E-state index in [0.717, 1.165) is 57.6 Å². The average Bonchev–Trinajstić information content (AvgIpc) is 3.22. The summed E-state index contributed by atoms with van der Waals surface area (Å²) in [5.41, 5.74) is 0. The third-order valence-electron chi connectivity index (χ3n) is 5.53. The Morgan fingerprint density at radius 3 is 2.44 bits per heavy atom. The molecule has 2 aliphatic rings. The lowest BCUT2D eigenvalue weighted by molar-refractivity contribution is -0.133. The van der Waals surface area contributed by atoms with E-state index < -0.39 is 0 Å². The van der Waals surface area contributed by atoms with Crippen LogP contribution in [0.4, 0.5) is 0 Å². The molecule has 0 aliphatic carbocycles. The van der Waals surface area contributed by atoms with Gasteiger partial charge in [0.1, 0.15) is 31.1 Å². The molecule has 1 amide bonds. The molecule has 0 unspecified atom stereocenters. The minimum atomic E-state index is 0.128. The van der Waals surface area contributed by atoms with E-state index in [1.165, 1.54) is 6.33 Å². The van der Waals surface area contributed by atoms with Crippen molar-refractivity contribution in [2.24, 2.45) is 0 Å². The van der Waals surface area contributed by atoms with Crippen LogP contribution in [0.1, 0.15) is 25.7 Å². The van der Waals surface area contributed by atoms with Gasteiger partial charge in [-0.1, -0.05) is 0 Å². The summed E-state index contributed by atoms with van der Waals surface area (Å²) in [5, 5.41) is 4.01. The number of pyridine rings is 1. The highest BCUT2D eigenvalue weighted by atomic mass is 16.5. The maximum atomic E-state index is 12.4. The Kier molecular flexibility index (Phi) is 5.62. The van der Waals surface area contributed by atoms with Gasteiger partial charge in [0, 0.05) is 44.6 Å². The van der Waals surface area contributed by atoms with Crippen molar-refractivity contribution >= 4 is 5.91 Å². The van der Waals surface area contributed by atoms with Crippen LogP contribution in [-0.2, 0) is 11.3 Å². The summed E-state index contributed by atoms with van der Waals surface area (Å²) in [6.07, 6.45) is 11.0. The Morgan fingerprint density at radius 2 is 1.78 bits per heavy atom. The molecule has 27 heavy (non-hydrogen) atoms. The van der Waals surface area contributed by atoms with Crippen LogP contribution in [0.5, 0.6) is 5.75 Å². The van der Waals surface area contributed by atoms with Gasteiger partial charge < -0.3 is 9.64 Å². The Hall–Kier alpha value is -2.48. The number of nitrogens with zero attached hydrogens (tertiary/aromatic N) is 6. The number of likely N-dealkylation sites (tertiary alicyclic amines) is 2. The van der Waals surface area contributed by atoms with Crippen molar-refractivity contribution in [1.29, 1.82) is 0 Å². The van der Waals surface area contributed by atoms with Crippen LogP contribution in [-0.4, -0.2) is 73.8 Å². The SMILES string of the molecule is O=C(Cn1cncn1)N1CCC(N2CCC(Oc3ccncc3)CC2)CC1. The lowest BCUT2D eigenvalue weighted by Gasteiger charge is -2.41. The van der Waals surface area contributed by atoms with Gasteiger partial charge >= 0.3 is 0 Å². The third-order valence-corrected chi connectivity index (χ3v) is 5.53. The molecule has 0 radical (unpaired) electrons. The molecule has 0 spiro atoms. The standard InChI is InChI=1S/C19H26N6O2/c26-19(13-25-15-21-14-22-25)24-9-3-16(4-10-24)23-11-5-18(6-12-23)27-17-1-7-20-8-2-17/h1-2,7-8,14-16,18H,3-6,9-13H2. The monoisotopic (exact) mass is 370 g/mol. The van der Waals surface area contributed by atoms with Crippen molar-refractivity contribution in [3.05, 3.63) is 37.2 Å². The smallest absolute Gasteiger partial charge is 0.244 e. The molecule has 8 heteroatoms. The molecule has 0 saturated carbocycles. The van der Waals surface area contributed by atoms with E-state index in [9.17, 15) is 4.79 Å². The lowest BCUT2D eigenvalue weighted by atomic mass is 9.98. The summed E-state index contributed by atoms with van der Waals surface area (Å²) in [5.74, 6) is 1.03. The van der Waals surface area contributed by atoms with Crippen molar-refractivity contribution in [3.8, 4) is 5.75 Å². The van der Waals surface area contributed by atoms with Crippen molar-refractivity contribution in [1.82, 2.24) is 29.5 Å². The molecule has 0 bridgehead atoms. The van der Waals surface area contributed by atoms with Crippen LogP contribution in [0.15, 0.2) is 37.2 Å². The first-order valence-corrected chi connectivity index (χ1v) is 9.69. The maximum Gasteiger partial charge on any atom is 0.244 e. The highest BCUT2D eigenvalue weighted by Gasteiger charge is 2.30. The molecule has 0 aromatic carbocycles. The first kappa shape index (κ1) is 17.9. The predicted molar refractivity (Wildman–Crippen MR) is 99.1 cm³/mol. The first-order valence-electron chi connectivity index (χ1n) is 9.69. The molecule has 144 valence electrons. The van der Waals surface area contributed by atoms with Crippen LogP contribution >= 0.6 is 0 Å². The number of hydrogen-bond donors (Lipinski definition) is 0. The van der Waals surface area contributed by atoms with Crippen LogP contribution < -0.4 is 4.74 Å². The van der Waals surface area contributed by atoms with Crippen LogP contribution in [0.25, 0.3) is 0 Å². The zero-order chi connectivity index (χ0) is 18.5. The molecule has 4 heterocycles. The van der Waals surface area contributed by atoms with E-state index in [2.05, 4.69) is 20.0 Å². The fourth-order valence-electron chi connectivity index (χ4n) is 4.00. The molecule has 2 aliphatic heterocycles. The Balaban J connectivity index is 1.20.